The summed E-state index contributed by atoms with van der Waals surface area (Å²) >= 11 is 0. The number of anilines is 1. The highest BCUT2D eigenvalue weighted by molar-refractivity contribution is 5.56. The van der Waals surface area contributed by atoms with E-state index in [4.69, 9.17) is 0 Å². The van der Waals surface area contributed by atoms with Crippen LogP contribution in [0.5, 0.6) is 0 Å². The molecule has 0 atom stereocenters. The third-order valence-corrected chi connectivity index (χ3v) is 4.64. The molecule has 0 amide bonds. The van der Waals surface area contributed by atoms with Gasteiger partial charge in [-0.3, -0.25) is 4.79 Å². The van der Waals surface area contributed by atoms with Gasteiger partial charge >= 0.3 is 0 Å². The lowest BCUT2D eigenvalue weighted by molar-refractivity contribution is 0.292. The third kappa shape index (κ3) is 3.28. The molecule has 3 rings (SSSR count). The second kappa shape index (κ2) is 5.80. The molecule has 23 heavy (non-hydrogen) atoms. The minimum absolute atomic E-state index is 0.0886. The lowest BCUT2D eigenvalue weighted by atomic mass is 9.84. The van der Waals surface area contributed by atoms with Crippen molar-refractivity contribution in [1.82, 2.24) is 15.0 Å². The van der Waals surface area contributed by atoms with Crippen LogP contribution in [0.25, 0.3) is 11.4 Å². The number of aryl methyl sites for hydroxylation is 1. The summed E-state index contributed by atoms with van der Waals surface area (Å²) in [7, 11) is 0. The van der Waals surface area contributed by atoms with Crippen LogP contribution in [0.3, 0.4) is 0 Å². The first kappa shape index (κ1) is 15.7. The zero-order chi connectivity index (χ0) is 16.6. The number of aromatic nitrogens is 3. The Morgan fingerprint density at radius 2 is 2.04 bits per heavy atom. The van der Waals surface area contributed by atoms with Crippen molar-refractivity contribution in [3.8, 4) is 11.4 Å². The quantitative estimate of drug-likeness (QED) is 0.925. The van der Waals surface area contributed by atoms with Gasteiger partial charge in [-0.25, -0.2) is 9.97 Å². The average molecular weight is 312 g/mol. The number of aromatic amines is 1. The van der Waals surface area contributed by atoms with E-state index in [1.807, 2.05) is 19.1 Å². The number of hydrogen-bond donors (Lipinski definition) is 1. The molecule has 0 bridgehead atoms. The van der Waals surface area contributed by atoms with Gasteiger partial charge in [0.05, 0.1) is 0 Å². The van der Waals surface area contributed by atoms with Crippen molar-refractivity contribution >= 4 is 5.82 Å². The van der Waals surface area contributed by atoms with E-state index in [9.17, 15) is 4.79 Å². The minimum Gasteiger partial charge on any atom is -0.356 e. The average Bonchev–Trinajstić information content (AvgIpc) is 2.51. The van der Waals surface area contributed by atoms with Gasteiger partial charge in [-0.15, -0.1) is 0 Å². The van der Waals surface area contributed by atoms with Gasteiger partial charge in [-0.1, -0.05) is 13.8 Å². The highest BCUT2D eigenvalue weighted by atomic mass is 16.1. The molecule has 5 nitrogen and oxygen atoms in total. The molecule has 2 aromatic heterocycles. The summed E-state index contributed by atoms with van der Waals surface area (Å²) < 4.78 is 0. The van der Waals surface area contributed by atoms with Crippen LogP contribution in [0.4, 0.5) is 5.82 Å². The fraction of sp³-hybridized carbons (Fsp3) is 0.500. The molecule has 0 spiro atoms. The van der Waals surface area contributed by atoms with E-state index in [1.54, 1.807) is 13.1 Å². The summed E-state index contributed by atoms with van der Waals surface area (Å²) in [4.78, 5) is 26.1. The molecule has 5 heteroatoms. The minimum atomic E-state index is -0.0886. The van der Waals surface area contributed by atoms with Gasteiger partial charge in [0.25, 0.3) is 5.56 Å². The van der Waals surface area contributed by atoms with Crippen molar-refractivity contribution in [2.24, 2.45) is 5.41 Å². The second-order valence-corrected chi connectivity index (χ2v) is 7.22. The standard InChI is InChI=1S/C18H24N4O/c1-12-13(2)20-16(21-17(12)23)14-6-7-15(19-10-14)22-9-5-8-18(3,4)11-22/h6-7,10H,5,8-9,11H2,1-4H3,(H,20,21,23). The van der Waals surface area contributed by atoms with Crippen molar-refractivity contribution in [1.29, 1.82) is 0 Å². The molecule has 0 radical (unpaired) electrons. The van der Waals surface area contributed by atoms with Gasteiger partial charge in [0, 0.05) is 36.1 Å². The van der Waals surface area contributed by atoms with Crippen molar-refractivity contribution in [2.45, 2.75) is 40.5 Å². The largest absolute Gasteiger partial charge is 0.356 e. The molecule has 1 aliphatic heterocycles. The van der Waals surface area contributed by atoms with E-state index in [-0.39, 0.29) is 5.56 Å². The molecular weight excluding hydrogens is 288 g/mol. The summed E-state index contributed by atoms with van der Waals surface area (Å²) in [5.41, 5.74) is 2.50. The molecule has 1 aliphatic rings. The molecule has 0 aromatic carbocycles. The zero-order valence-corrected chi connectivity index (χ0v) is 14.3. The Hall–Kier alpha value is -2.17. The summed E-state index contributed by atoms with van der Waals surface area (Å²) in [5.74, 6) is 1.57. The number of rotatable bonds is 2. The molecule has 0 unspecified atom stereocenters. The van der Waals surface area contributed by atoms with Gasteiger partial charge in [0.1, 0.15) is 11.6 Å². The van der Waals surface area contributed by atoms with Crippen molar-refractivity contribution in [2.75, 3.05) is 18.0 Å². The van der Waals surface area contributed by atoms with Crippen LogP contribution in [-0.2, 0) is 0 Å². The van der Waals surface area contributed by atoms with Gasteiger partial charge in [0.15, 0.2) is 0 Å². The van der Waals surface area contributed by atoms with Crippen molar-refractivity contribution < 1.29 is 0 Å². The van der Waals surface area contributed by atoms with Crippen LogP contribution in [-0.4, -0.2) is 28.0 Å². The Morgan fingerprint density at radius 1 is 1.26 bits per heavy atom. The maximum atomic E-state index is 11.9. The SMILES string of the molecule is Cc1nc(-c2ccc(N3CCCC(C)(C)C3)nc2)[nH]c(=O)c1C. The molecular formula is C18H24N4O. The summed E-state index contributed by atoms with van der Waals surface area (Å²) in [5, 5.41) is 0. The monoisotopic (exact) mass is 312 g/mol. The predicted octanol–water partition coefficient (Wildman–Crippen LogP) is 3.08. The molecule has 3 heterocycles. The van der Waals surface area contributed by atoms with Crippen LogP contribution in [0.15, 0.2) is 23.1 Å². The van der Waals surface area contributed by atoms with E-state index in [0.29, 0.717) is 16.8 Å². The van der Waals surface area contributed by atoms with Crippen molar-refractivity contribution in [3.05, 3.63) is 39.9 Å². The summed E-state index contributed by atoms with van der Waals surface area (Å²) in [6.07, 6.45) is 4.25. The van der Waals surface area contributed by atoms with E-state index >= 15 is 0 Å². The second-order valence-electron chi connectivity index (χ2n) is 7.22. The molecule has 122 valence electrons. The smallest absolute Gasteiger partial charge is 0.254 e. The maximum Gasteiger partial charge on any atom is 0.254 e. The lowest BCUT2D eigenvalue weighted by Crippen LogP contribution is -2.40. The number of hydrogen-bond acceptors (Lipinski definition) is 4. The van der Waals surface area contributed by atoms with E-state index < -0.39 is 0 Å². The van der Waals surface area contributed by atoms with E-state index in [1.165, 1.54) is 12.8 Å². The molecule has 2 aromatic rings. The zero-order valence-electron chi connectivity index (χ0n) is 14.3. The van der Waals surface area contributed by atoms with Crippen LogP contribution >= 0.6 is 0 Å². The molecule has 1 fully saturated rings. The highest BCUT2D eigenvalue weighted by Crippen LogP contribution is 2.31. The third-order valence-electron chi connectivity index (χ3n) is 4.64. The number of piperidine rings is 1. The van der Waals surface area contributed by atoms with Gasteiger partial charge in [0.2, 0.25) is 0 Å². The maximum absolute atomic E-state index is 11.9. The molecule has 1 N–H and O–H groups in total. The Balaban J connectivity index is 1.86. The van der Waals surface area contributed by atoms with Crippen LogP contribution < -0.4 is 10.5 Å². The predicted molar refractivity (Wildman–Crippen MR) is 92.8 cm³/mol. The van der Waals surface area contributed by atoms with E-state index in [0.717, 1.165) is 30.2 Å². The molecule has 0 saturated carbocycles. The summed E-state index contributed by atoms with van der Waals surface area (Å²) in [6, 6.07) is 4.00. The topological polar surface area (TPSA) is 61.9 Å². The van der Waals surface area contributed by atoms with Gasteiger partial charge in [-0.2, -0.15) is 0 Å². The fourth-order valence-corrected chi connectivity index (χ4v) is 3.11. The summed E-state index contributed by atoms with van der Waals surface area (Å²) in [6.45, 7) is 10.3. The Morgan fingerprint density at radius 3 is 2.65 bits per heavy atom. The van der Waals surface area contributed by atoms with Crippen molar-refractivity contribution in [3.63, 3.8) is 0 Å². The Labute approximate surface area is 136 Å². The fourth-order valence-electron chi connectivity index (χ4n) is 3.11. The first-order valence-electron chi connectivity index (χ1n) is 8.15. The lowest BCUT2D eigenvalue weighted by Gasteiger charge is -2.38. The highest BCUT2D eigenvalue weighted by Gasteiger charge is 2.26. The Kier molecular flexibility index (Phi) is 3.96. The van der Waals surface area contributed by atoms with Crippen LogP contribution in [0, 0.1) is 19.3 Å². The first-order chi connectivity index (χ1) is 10.9. The van der Waals surface area contributed by atoms with Crippen LogP contribution in [0.1, 0.15) is 37.9 Å². The number of nitrogens with zero attached hydrogens (tertiary/aromatic N) is 3. The normalized spacial score (nSPS) is 17.3. The number of nitrogens with one attached hydrogen (secondary N) is 1. The Bertz CT molecular complexity index is 762. The number of H-pyrrole nitrogens is 1. The first-order valence-corrected chi connectivity index (χ1v) is 8.15. The van der Waals surface area contributed by atoms with E-state index in [2.05, 4.69) is 33.7 Å². The molecule has 1 saturated heterocycles. The van der Waals surface area contributed by atoms with Crippen LogP contribution in [0.2, 0.25) is 0 Å². The number of pyridine rings is 1. The van der Waals surface area contributed by atoms with Gasteiger partial charge < -0.3 is 9.88 Å². The van der Waals surface area contributed by atoms with Gasteiger partial charge in [-0.05, 0) is 44.2 Å². The molecule has 0 aliphatic carbocycles.